The minimum atomic E-state index is -0.154. The largest absolute Gasteiger partial charge is 0.504 e. The van der Waals surface area contributed by atoms with E-state index in [9.17, 15) is 9.90 Å². The van der Waals surface area contributed by atoms with Crippen LogP contribution in [0.4, 0.5) is 0 Å². The van der Waals surface area contributed by atoms with Gasteiger partial charge in [0.25, 0.3) is 0 Å². The molecule has 0 saturated carbocycles. The van der Waals surface area contributed by atoms with Gasteiger partial charge in [-0.25, -0.2) is 0 Å². The number of rotatable bonds is 3. The molecule has 26 heavy (non-hydrogen) atoms. The Balaban J connectivity index is 1.69. The van der Waals surface area contributed by atoms with Crippen molar-refractivity contribution >= 4 is 22.6 Å². The summed E-state index contributed by atoms with van der Waals surface area (Å²) >= 11 is 6.14. The molecule has 1 aromatic heterocycles. The van der Waals surface area contributed by atoms with E-state index in [1.165, 1.54) is 6.07 Å². The molecule has 0 aliphatic heterocycles. The van der Waals surface area contributed by atoms with Gasteiger partial charge in [0.2, 0.25) is 0 Å². The summed E-state index contributed by atoms with van der Waals surface area (Å²) < 4.78 is 11.5. The molecule has 0 aliphatic carbocycles. The zero-order valence-corrected chi connectivity index (χ0v) is 14.2. The SMILES string of the molecule is O=c1cc(-c2ccc(Oc3ccccc3O)cc2)oc2c(Cl)cccc12. The zero-order valence-electron chi connectivity index (χ0n) is 13.5. The number of aromatic hydroxyl groups is 1. The summed E-state index contributed by atoms with van der Waals surface area (Å²) in [4.78, 5) is 12.3. The molecule has 0 spiro atoms. The predicted molar refractivity (Wildman–Crippen MR) is 101 cm³/mol. The van der Waals surface area contributed by atoms with Gasteiger partial charge in [0.05, 0.1) is 10.4 Å². The van der Waals surface area contributed by atoms with Crippen molar-refractivity contribution in [1.29, 1.82) is 0 Å². The summed E-state index contributed by atoms with van der Waals surface area (Å²) in [5, 5.41) is 10.6. The second-order valence-electron chi connectivity index (χ2n) is 5.69. The van der Waals surface area contributed by atoms with Crippen molar-refractivity contribution in [2.75, 3.05) is 0 Å². The highest BCUT2D eigenvalue weighted by Crippen LogP contribution is 2.32. The van der Waals surface area contributed by atoms with Gasteiger partial charge in [-0.15, -0.1) is 0 Å². The Labute approximate surface area is 153 Å². The van der Waals surface area contributed by atoms with Crippen molar-refractivity contribution in [3.05, 3.63) is 88.0 Å². The number of ether oxygens (including phenoxy) is 1. The number of para-hydroxylation sites is 3. The fourth-order valence-electron chi connectivity index (χ4n) is 2.64. The van der Waals surface area contributed by atoms with Crippen LogP contribution in [0.5, 0.6) is 17.2 Å². The lowest BCUT2D eigenvalue weighted by molar-refractivity contribution is 0.411. The predicted octanol–water partition coefficient (Wildman–Crippen LogP) is 5.61. The molecular formula is C21H13ClO4. The van der Waals surface area contributed by atoms with Gasteiger partial charge in [-0.3, -0.25) is 4.79 Å². The van der Waals surface area contributed by atoms with Crippen LogP contribution in [0, 0.1) is 0 Å². The lowest BCUT2D eigenvalue weighted by Gasteiger charge is -2.08. The zero-order chi connectivity index (χ0) is 18.1. The van der Waals surface area contributed by atoms with Gasteiger partial charge >= 0.3 is 0 Å². The highest BCUT2D eigenvalue weighted by molar-refractivity contribution is 6.34. The van der Waals surface area contributed by atoms with Crippen LogP contribution in [-0.4, -0.2) is 5.11 Å². The molecular weight excluding hydrogens is 352 g/mol. The summed E-state index contributed by atoms with van der Waals surface area (Å²) in [7, 11) is 0. The van der Waals surface area contributed by atoms with E-state index in [2.05, 4.69) is 0 Å². The lowest BCUT2D eigenvalue weighted by Crippen LogP contribution is -2.00. The van der Waals surface area contributed by atoms with E-state index in [1.54, 1.807) is 66.7 Å². The Kier molecular flexibility index (Phi) is 4.11. The summed E-state index contributed by atoms with van der Waals surface area (Å²) in [6.07, 6.45) is 0. The van der Waals surface area contributed by atoms with Gasteiger partial charge in [-0.1, -0.05) is 29.8 Å². The van der Waals surface area contributed by atoms with Crippen LogP contribution in [0.15, 0.2) is 82.0 Å². The first-order valence-corrected chi connectivity index (χ1v) is 8.28. The molecule has 0 unspecified atom stereocenters. The highest BCUT2D eigenvalue weighted by atomic mass is 35.5. The van der Waals surface area contributed by atoms with Crippen molar-refractivity contribution in [3.63, 3.8) is 0 Å². The maximum Gasteiger partial charge on any atom is 0.193 e. The van der Waals surface area contributed by atoms with Gasteiger partial charge in [-0.05, 0) is 48.5 Å². The normalized spacial score (nSPS) is 10.8. The number of phenolic OH excluding ortho intramolecular Hbond substituents is 1. The molecule has 0 bridgehead atoms. The molecule has 3 aromatic carbocycles. The number of hydrogen-bond donors (Lipinski definition) is 1. The first-order chi connectivity index (χ1) is 12.6. The van der Waals surface area contributed by atoms with Crippen molar-refractivity contribution in [3.8, 4) is 28.6 Å². The fraction of sp³-hybridized carbons (Fsp3) is 0. The van der Waals surface area contributed by atoms with Crippen molar-refractivity contribution < 1.29 is 14.3 Å². The average molecular weight is 365 g/mol. The van der Waals surface area contributed by atoms with Gasteiger partial charge in [-0.2, -0.15) is 0 Å². The third-order valence-electron chi connectivity index (χ3n) is 3.94. The topological polar surface area (TPSA) is 59.7 Å². The Morgan fingerprint density at radius 3 is 2.46 bits per heavy atom. The molecule has 4 rings (SSSR count). The molecule has 128 valence electrons. The monoisotopic (exact) mass is 364 g/mol. The Bertz CT molecular complexity index is 1150. The molecule has 1 N–H and O–H groups in total. The first kappa shape index (κ1) is 16.2. The molecule has 0 amide bonds. The molecule has 4 nitrogen and oxygen atoms in total. The van der Waals surface area contributed by atoms with Crippen molar-refractivity contribution in [2.24, 2.45) is 0 Å². The van der Waals surface area contributed by atoms with E-state index >= 15 is 0 Å². The number of halogens is 1. The maximum atomic E-state index is 12.3. The number of fused-ring (bicyclic) bond motifs is 1. The van der Waals surface area contributed by atoms with Crippen LogP contribution in [0.1, 0.15) is 0 Å². The third-order valence-corrected chi connectivity index (χ3v) is 4.24. The standard InChI is InChI=1S/C21H13ClO4/c22-16-5-3-4-15-18(24)12-20(26-21(15)16)13-8-10-14(11-9-13)25-19-7-2-1-6-17(19)23/h1-12,23H. The summed E-state index contributed by atoms with van der Waals surface area (Å²) in [5.41, 5.74) is 0.929. The molecule has 5 heteroatoms. The highest BCUT2D eigenvalue weighted by Gasteiger charge is 2.10. The maximum absolute atomic E-state index is 12.3. The van der Waals surface area contributed by atoms with Crippen LogP contribution in [0.25, 0.3) is 22.3 Å². The minimum absolute atomic E-state index is 0.0618. The second kappa shape index (κ2) is 6.58. The molecule has 0 radical (unpaired) electrons. The van der Waals surface area contributed by atoms with E-state index in [4.69, 9.17) is 20.8 Å². The van der Waals surface area contributed by atoms with Crippen LogP contribution >= 0.6 is 11.6 Å². The average Bonchev–Trinajstić information content (AvgIpc) is 2.65. The second-order valence-corrected chi connectivity index (χ2v) is 6.09. The van der Waals surface area contributed by atoms with Crippen LogP contribution in [-0.2, 0) is 0 Å². The van der Waals surface area contributed by atoms with E-state index in [0.717, 1.165) is 0 Å². The van der Waals surface area contributed by atoms with Crippen LogP contribution < -0.4 is 10.2 Å². The quantitative estimate of drug-likeness (QED) is 0.513. The van der Waals surface area contributed by atoms with Crippen molar-refractivity contribution in [2.45, 2.75) is 0 Å². The molecule has 0 fully saturated rings. The molecule has 1 heterocycles. The lowest BCUT2D eigenvalue weighted by atomic mass is 10.1. The molecule has 0 atom stereocenters. The Hall–Kier alpha value is -3.24. The minimum Gasteiger partial charge on any atom is -0.504 e. The fourth-order valence-corrected chi connectivity index (χ4v) is 2.86. The third kappa shape index (κ3) is 3.03. The van der Waals surface area contributed by atoms with E-state index < -0.39 is 0 Å². The first-order valence-electron chi connectivity index (χ1n) is 7.90. The van der Waals surface area contributed by atoms with E-state index in [-0.39, 0.29) is 11.2 Å². The summed E-state index contributed by atoms with van der Waals surface area (Å²) in [5.74, 6) is 1.40. The van der Waals surface area contributed by atoms with Crippen LogP contribution in [0.2, 0.25) is 5.02 Å². The summed E-state index contributed by atoms with van der Waals surface area (Å²) in [6, 6.07) is 20.3. The van der Waals surface area contributed by atoms with Gasteiger partial charge in [0.15, 0.2) is 22.5 Å². The number of benzene rings is 3. The van der Waals surface area contributed by atoms with Gasteiger partial charge in [0.1, 0.15) is 11.5 Å². The van der Waals surface area contributed by atoms with E-state index in [0.29, 0.717) is 38.8 Å². The Morgan fingerprint density at radius 2 is 1.69 bits per heavy atom. The molecule has 4 aromatic rings. The number of hydrogen-bond acceptors (Lipinski definition) is 4. The Morgan fingerprint density at radius 1 is 0.923 bits per heavy atom. The van der Waals surface area contributed by atoms with E-state index in [1.807, 2.05) is 0 Å². The number of phenols is 1. The van der Waals surface area contributed by atoms with Crippen molar-refractivity contribution in [1.82, 2.24) is 0 Å². The van der Waals surface area contributed by atoms with Crippen LogP contribution in [0.3, 0.4) is 0 Å². The van der Waals surface area contributed by atoms with Gasteiger partial charge < -0.3 is 14.3 Å². The smallest absolute Gasteiger partial charge is 0.193 e. The molecule has 0 saturated heterocycles. The summed E-state index contributed by atoms with van der Waals surface area (Å²) in [6.45, 7) is 0. The van der Waals surface area contributed by atoms with Gasteiger partial charge in [0, 0.05) is 11.6 Å². The molecule has 0 aliphatic rings.